The molecule has 1 N–H and O–H groups in total. The molecule has 0 spiro atoms. The molecule has 22 heavy (non-hydrogen) atoms. The average Bonchev–Trinajstić information content (AvgIpc) is 2.97. The van der Waals surface area contributed by atoms with Gasteiger partial charge in [-0.2, -0.15) is 0 Å². The van der Waals surface area contributed by atoms with Gasteiger partial charge in [-0.3, -0.25) is 4.79 Å². The summed E-state index contributed by atoms with van der Waals surface area (Å²) < 4.78 is 0. The van der Waals surface area contributed by atoms with Crippen LogP contribution in [0.2, 0.25) is 5.02 Å². The number of carbonyl (C=O) groups is 1. The van der Waals surface area contributed by atoms with E-state index in [9.17, 15) is 4.79 Å². The summed E-state index contributed by atoms with van der Waals surface area (Å²) >= 11 is 7.71. The van der Waals surface area contributed by atoms with Gasteiger partial charge in [-0.05, 0) is 6.07 Å². The van der Waals surface area contributed by atoms with Crippen molar-refractivity contribution >= 4 is 41.3 Å². The highest BCUT2D eigenvalue weighted by atomic mass is 35.5. The highest BCUT2D eigenvalue weighted by Gasteiger charge is 2.18. The summed E-state index contributed by atoms with van der Waals surface area (Å²) in [6.07, 6.45) is 0.362. The fourth-order valence-electron chi connectivity index (χ4n) is 2.33. The number of nitrogens with one attached hydrogen (secondary N) is 1. The van der Waals surface area contributed by atoms with Crippen molar-refractivity contribution in [2.24, 2.45) is 0 Å². The minimum absolute atomic E-state index is 0. The summed E-state index contributed by atoms with van der Waals surface area (Å²) in [5, 5.41) is 6.74. The quantitative estimate of drug-likeness (QED) is 0.918. The lowest BCUT2D eigenvalue weighted by Crippen LogP contribution is -2.46. The first-order valence-corrected chi connectivity index (χ1v) is 8.17. The molecule has 0 atom stereocenters. The molecule has 3 rings (SSSR count). The van der Waals surface area contributed by atoms with Gasteiger partial charge in [0.15, 0.2) is 0 Å². The topological polar surface area (TPSA) is 45.2 Å². The summed E-state index contributed by atoms with van der Waals surface area (Å²) in [7, 11) is 0. The Morgan fingerprint density at radius 3 is 2.77 bits per heavy atom. The van der Waals surface area contributed by atoms with Crippen LogP contribution in [0.25, 0.3) is 10.6 Å². The largest absolute Gasteiger partial charge is 0.340 e. The van der Waals surface area contributed by atoms with Crippen molar-refractivity contribution in [2.75, 3.05) is 26.2 Å². The number of piperazine rings is 1. The first-order chi connectivity index (χ1) is 10.2. The Morgan fingerprint density at radius 2 is 2.05 bits per heavy atom. The third-order valence-corrected chi connectivity index (χ3v) is 4.71. The van der Waals surface area contributed by atoms with Crippen LogP contribution in [0.15, 0.2) is 29.6 Å². The molecule has 1 aliphatic heterocycles. The minimum atomic E-state index is 0. The Balaban J connectivity index is 0.00000176. The van der Waals surface area contributed by atoms with Crippen LogP contribution in [-0.2, 0) is 11.2 Å². The van der Waals surface area contributed by atoms with Crippen LogP contribution >= 0.6 is 35.3 Å². The zero-order valence-electron chi connectivity index (χ0n) is 11.9. The van der Waals surface area contributed by atoms with Crippen LogP contribution in [0.4, 0.5) is 0 Å². The standard InChI is InChI=1S/C15H16ClN3OS.ClH/c16-13-4-2-1-3-12(13)15-18-11(10-21-15)9-14(20)19-7-5-17-6-8-19;/h1-4,10,17H,5-9H2;1H. The van der Waals surface area contributed by atoms with Crippen LogP contribution < -0.4 is 5.32 Å². The van der Waals surface area contributed by atoms with Gasteiger partial charge < -0.3 is 10.2 Å². The van der Waals surface area contributed by atoms with Gasteiger partial charge in [-0.15, -0.1) is 23.7 Å². The number of hydrogen-bond acceptors (Lipinski definition) is 4. The fourth-order valence-corrected chi connectivity index (χ4v) is 3.47. The fraction of sp³-hybridized carbons (Fsp3) is 0.333. The molecule has 1 amide bonds. The number of benzene rings is 1. The number of hydrogen-bond donors (Lipinski definition) is 1. The van der Waals surface area contributed by atoms with E-state index >= 15 is 0 Å². The predicted octanol–water partition coefficient (Wildman–Crippen LogP) is 2.86. The Kier molecular flexibility index (Phi) is 6.20. The van der Waals surface area contributed by atoms with Gasteiger partial charge >= 0.3 is 0 Å². The van der Waals surface area contributed by atoms with Crippen molar-refractivity contribution < 1.29 is 4.79 Å². The Hall–Kier alpha value is -1.14. The van der Waals surface area contributed by atoms with Crippen molar-refractivity contribution in [3.8, 4) is 10.6 Å². The van der Waals surface area contributed by atoms with Gasteiger partial charge in [-0.25, -0.2) is 4.98 Å². The zero-order chi connectivity index (χ0) is 14.7. The highest BCUT2D eigenvalue weighted by Crippen LogP contribution is 2.30. The minimum Gasteiger partial charge on any atom is -0.340 e. The molecule has 2 aromatic rings. The normalized spacial score (nSPS) is 14.5. The molecule has 7 heteroatoms. The molecule has 118 valence electrons. The maximum absolute atomic E-state index is 12.2. The number of carbonyl (C=O) groups excluding carboxylic acids is 1. The molecule has 1 saturated heterocycles. The van der Waals surface area contributed by atoms with Crippen molar-refractivity contribution in [3.63, 3.8) is 0 Å². The molecule has 1 aliphatic rings. The van der Waals surface area contributed by atoms with Gasteiger partial charge in [0, 0.05) is 37.1 Å². The van der Waals surface area contributed by atoms with E-state index in [2.05, 4.69) is 10.3 Å². The molecule has 1 aromatic carbocycles. The van der Waals surface area contributed by atoms with Crippen molar-refractivity contribution in [1.82, 2.24) is 15.2 Å². The summed E-state index contributed by atoms with van der Waals surface area (Å²) in [5.74, 6) is 0.146. The maximum atomic E-state index is 12.2. The lowest BCUT2D eigenvalue weighted by molar-refractivity contribution is -0.131. The van der Waals surface area contributed by atoms with E-state index in [0.29, 0.717) is 11.4 Å². The second-order valence-electron chi connectivity index (χ2n) is 4.93. The van der Waals surface area contributed by atoms with E-state index in [0.717, 1.165) is 42.4 Å². The van der Waals surface area contributed by atoms with Crippen LogP contribution in [0.5, 0.6) is 0 Å². The number of rotatable bonds is 3. The highest BCUT2D eigenvalue weighted by molar-refractivity contribution is 7.13. The third-order valence-electron chi connectivity index (χ3n) is 3.46. The summed E-state index contributed by atoms with van der Waals surface area (Å²) in [4.78, 5) is 18.7. The van der Waals surface area contributed by atoms with E-state index < -0.39 is 0 Å². The SMILES string of the molecule is Cl.O=C(Cc1csc(-c2ccccc2Cl)n1)N1CCNCC1. The summed E-state index contributed by atoms with van der Waals surface area (Å²) in [6.45, 7) is 3.29. The van der Waals surface area contributed by atoms with Crippen LogP contribution in [0.1, 0.15) is 5.69 Å². The maximum Gasteiger partial charge on any atom is 0.228 e. The Labute approximate surface area is 144 Å². The smallest absolute Gasteiger partial charge is 0.228 e. The number of amides is 1. The molecule has 2 heterocycles. The number of thiazole rings is 1. The molecular weight excluding hydrogens is 341 g/mol. The van der Waals surface area contributed by atoms with E-state index in [1.807, 2.05) is 34.5 Å². The van der Waals surface area contributed by atoms with E-state index in [-0.39, 0.29) is 18.3 Å². The lowest BCUT2D eigenvalue weighted by atomic mass is 10.2. The van der Waals surface area contributed by atoms with Crippen LogP contribution in [0, 0.1) is 0 Å². The molecule has 0 radical (unpaired) electrons. The first kappa shape index (κ1) is 17.2. The molecule has 0 aliphatic carbocycles. The zero-order valence-corrected chi connectivity index (χ0v) is 14.3. The average molecular weight is 358 g/mol. The molecule has 0 unspecified atom stereocenters. The summed E-state index contributed by atoms with van der Waals surface area (Å²) in [6, 6.07) is 7.63. The van der Waals surface area contributed by atoms with Gasteiger partial charge in [-0.1, -0.05) is 29.8 Å². The van der Waals surface area contributed by atoms with Crippen molar-refractivity contribution in [2.45, 2.75) is 6.42 Å². The van der Waals surface area contributed by atoms with Gasteiger partial charge in [0.1, 0.15) is 5.01 Å². The number of aromatic nitrogens is 1. The van der Waals surface area contributed by atoms with Gasteiger partial charge in [0.25, 0.3) is 0 Å². The van der Waals surface area contributed by atoms with E-state index in [1.165, 1.54) is 11.3 Å². The lowest BCUT2D eigenvalue weighted by Gasteiger charge is -2.27. The van der Waals surface area contributed by atoms with Crippen molar-refractivity contribution in [3.05, 3.63) is 40.4 Å². The molecule has 0 saturated carbocycles. The summed E-state index contributed by atoms with van der Waals surface area (Å²) in [5.41, 5.74) is 1.74. The molecule has 0 bridgehead atoms. The molecule has 1 fully saturated rings. The van der Waals surface area contributed by atoms with Crippen LogP contribution in [-0.4, -0.2) is 42.0 Å². The second-order valence-corrected chi connectivity index (χ2v) is 6.20. The second kappa shape index (κ2) is 7.92. The molecular formula is C15H17Cl2N3OS. The number of halogens is 2. The predicted molar refractivity (Wildman–Crippen MR) is 93.0 cm³/mol. The first-order valence-electron chi connectivity index (χ1n) is 6.92. The monoisotopic (exact) mass is 357 g/mol. The Morgan fingerprint density at radius 1 is 1.32 bits per heavy atom. The van der Waals surface area contributed by atoms with Crippen molar-refractivity contribution in [1.29, 1.82) is 0 Å². The van der Waals surface area contributed by atoms with E-state index in [4.69, 9.17) is 11.6 Å². The number of nitrogens with zero attached hydrogens (tertiary/aromatic N) is 2. The van der Waals surface area contributed by atoms with Crippen LogP contribution in [0.3, 0.4) is 0 Å². The van der Waals surface area contributed by atoms with Gasteiger partial charge in [0.2, 0.25) is 5.91 Å². The molecule has 4 nitrogen and oxygen atoms in total. The Bertz CT molecular complexity index is 641. The van der Waals surface area contributed by atoms with Gasteiger partial charge in [0.05, 0.1) is 17.1 Å². The molecule has 1 aromatic heterocycles. The van der Waals surface area contributed by atoms with E-state index in [1.54, 1.807) is 0 Å². The third kappa shape index (κ3) is 3.98.